The van der Waals surface area contributed by atoms with E-state index in [4.69, 9.17) is 4.74 Å². The van der Waals surface area contributed by atoms with Crippen molar-refractivity contribution < 1.29 is 9.53 Å². The third-order valence-electron chi connectivity index (χ3n) is 2.99. The van der Waals surface area contributed by atoms with E-state index < -0.39 is 0 Å². The van der Waals surface area contributed by atoms with Gasteiger partial charge in [-0.15, -0.1) is 0 Å². The molecule has 0 aliphatic heterocycles. The first-order valence-electron chi connectivity index (χ1n) is 6.56. The highest BCUT2D eigenvalue weighted by atomic mass is 16.5. The van der Waals surface area contributed by atoms with E-state index in [-0.39, 0.29) is 5.97 Å². The number of nitrogens with one attached hydrogen (secondary N) is 1. The molecule has 0 spiro atoms. The highest BCUT2D eigenvalue weighted by molar-refractivity contribution is 5.69. The van der Waals surface area contributed by atoms with Gasteiger partial charge in [-0.2, -0.15) is 0 Å². The summed E-state index contributed by atoms with van der Waals surface area (Å²) in [5.41, 5.74) is 3.98. The Morgan fingerprint density at radius 3 is 2.56 bits per heavy atom. The van der Waals surface area contributed by atoms with E-state index in [1.54, 1.807) is 0 Å². The van der Waals surface area contributed by atoms with Crippen molar-refractivity contribution in [2.45, 2.75) is 40.2 Å². The Kier molecular flexibility index (Phi) is 6.44. The summed E-state index contributed by atoms with van der Waals surface area (Å²) in [6, 6.07) is 6.33. The quantitative estimate of drug-likeness (QED) is 0.596. The minimum Gasteiger partial charge on any atom is -0.466 e. The van der Waals surface area contributed by atoms with Crippen LogP contribution in [0.15, 0.2) is 18.2 Å². The first-order valence-corrected chi connectivity index (χ1v) is 6.56. The van der Waals surface area contributed by atoms with Gasteiger partial charge in [0.15, 0.2) is 0 Å². The minimum atomic E-state index is -0.105. The van der Waals surface area contributed by atoms with E-state index >= 15 is 0 Å². The molecule has 1 aromatic carbocycles. The number of hydrogen-bond donors (Lipinski definition) is 1. The molecular weight excluding hydrogens is 226 g/mol. The summed E-state index contributed by atoms with van der Waals surface area (Å²) >= 11 is 0. The van der Waals surface area contributed by atoms with Crippen LogP contribution in [-0.4, -0.2) is 19.1 Å². The molecule has 3 nitrogen and oxygen atoms in total. The summed E-state index contributed by atoms with van der Waals surface area (Å²) in [7, 11) is 0. The standard InChI is InChI=1S/C15H23NO2/c1-4-18-15(17)9-6-10-16-11-14-12(2)7-5-8-13(14)3/h5,7-8,16H,4,6,9-11H2,1-3H3. The summed E-state index contributed by atoms with van der Waals surface area (Å²) in [6.07, 6.45) is 1.32. The van der Waals surface area contributed by atoms with Crippen molar-refractivity contribution in [1.29, 1.82) is 0 Å². The van der Waals surface area contributed by atoms with E-state index in [0.717, 1.165) is 19.5 Å². The molecule has 0 saturated carbocycles. The van der Waals surface area contributed by atoms with Crippen LogP contribution in [0.1, 0.15) is 36.5 Å². The van der Waals surface area contributed by atoms with Crippen LogP contribution in [0.4, 0.5) is 0 Å². The molecule has 0 saturated heterocycles. The molecule has 0 aromatic heterocycles. The van der Waals surface area contributed by atoms with Crippen LogP contribution in [0.3, 0.4) is 0 Å². The second kappa shape index (κ2) is 7.88. The molecule has 0 heterocycles. The summed E-state index contributed by atoms with van der Waals surface area (Å²) < 4.78 is 4.88. The fourth-order valence-electron chi connectivity index (χ4n) is 1.93. The second-order valence-corrected chi connectivity index (χ2v) is 4.46. The van der Waals surface area contributed by atoms with Crippen molar-refractivity contribution in [1.82, 2.24) is 5.32 Å². The lowest BCUT2D eigenvalue weighted by Gasteiger charge is -2.10. The Morgan fingerprint density at radius 1 is 1.28 bits per heavy atom. The molecule has 0 fully saturated rings. The van der Waals surface area contributed by atoms with Crippen LogP contribution in [0, 0.1) is 13.8 Å². The average Bonchev–Trinajstić information content (AvgIpc) is 2.32. The minimum absolute atomic E-state index is 0.105. The SMILES string of the molecule is CCOC(=O)CCCNCc1c(C)cccc1C. The lowest BCUT2D eigenvalue weighted by atomic mass is 10.0. The molecule has 100 valence electrons. The lowest BCUT2D eigenvalue weighted by Crippen LogP contribution is -2.17. The molecule has 3 heteroatoms. The van der Waals surface area contributed by atoms with Gasteiger partial charge in [0.25, 0.3) is 0 Å². The predicted octanol–water partition coefficient (Wildman–Crippen LogP) is 2.74. The van der Waals surface area contributed by atoms with E-state index in [2.05, 4.69) is 37.4 Å². The Labute approximate surface area is 110 Å². The van der Waals surface area contributed by atoms with Crippen molar-refractivity contribution in [2.75, 3.05) is 13.2 Å². The number of esters is 1. The molecule has 0 unspecified atom stereocenters. The molecule has 1 N–H and O–H groups in total. The Morgan fingerprint density at radius 2 is 1.94 bits per heavy atom. The zero-order valence-corrected chi connectivity index (χ0v) is 11.6. The molecule has 0 aliphatic carbocycles. The third kappa shape index (κ3) is 4.88. The van der Waals surface area contributed by atoms with Gasteiger partial charge in [0, 0.05) is 13.0 Å². The summed E-state index contributed by atoms with van der Waals surface area (Å²) in [5, 5.41) is 3.37. The predicted molar refractivity (Wildman–Crippen MR) is 73.5 cm³/mol. The van der Waals surface area contributed by atoms with Crippen LogP contribution in [0.25, 0.3) is 0 Å². The topological polar surface area (TPSA) is 38.3 Å². The largest absolute Gasteiger partial charge is 0.466 e. The highest BCUT2D eigenvalue weighted by Crippen LogP contribution is 2.12. The molecule has 18 heavy (non-hydrogen) atoms. The molecule has 0 aliphatic rings. The van der Waals surface area contributed by atoms with E-state index in [1.165, 1.54) is 16.7 Å². The Hall–Kier alpha value is -1.35. The first-order chi connectivity index (χ1) is 8.65. The van der Waals surface area contributed by atoms with Gasteiger partial charge in [0.2, 0.25) is 0 Å². The van der Waals surface area contributed by atoms with Gasteiger partial charge in [-0.3, -0.25) is 4.79 Å². The molecule has 0 atom stereocenters. The van der Waals surface area contributed by atoms with Gasteiger partial charge >= 0.3 is 5.97 Å². The highest BCUT2D eigenvalue weighted by Gasteiger charge is 2.03. The van der Waals surface area contributed by atoms with Crippen molar-refractivity contribution in [3.8, 4) is 0 Å². The van der Waals surface area contributed by atoms with Gasteiger partial charge in [0.05, 0.1) is 6.61 Å². The van der Waals surface area contributed by atoms with Crippen LogP contribution >= 0.6 is 0 Å². The van der Waals surface area contributed by atoms with Crippen molar-refractivity contribution in [3.63, 3.8) is 0 Å². The lowest BCUT2D eigenvalue weighted by molar-refractivity contribution is -0.143. The summed E-state index contributed by atoms with van der Waals surface area (Å²) in [5.74, 6) is -0.105. The fourth-order valence-corrected chi connectivity index (χ4v) is 1.93. The number of benzene rings is 1. The number of hydrogen-bond acceptors (Lipinski definition) is 3. The molecule has 0 amide bonds. The maximum absolute atomic E-state index is 11.1. The number of carbonyl (C=O) groups is 1. The summed E-state index contributed by atoms with van der Waals surface area (Å²) in [6.45, 7) is 8.25. The zero-order valence-electron chi connectivity index (χ0n) is 11.6. The van der Waals surface area contributed by atoms with E-state index in [9.17, 15) is 4.79 Å². The van der Waals surface area contributed by atoms with Crippen molar-refractivity contribution >= 4 is 5.97 Å². The van der Waals surface area contributed by atoms with Gasteiger partial charge in [-0.05, 0) is 50.4 Å². The van der Waals surface area contributed by atoms with Crippen molar-refractivity contribution in [2.24, 2.45) is 0 Å². The molecule has 1 aromatic rings. The van der Waals surface area contributed by atoms with Gasteiger partial charge in [-0.25, -0.2) is 0 Å². The first kappa shape index (κ1) is 14.7. The molecule has 0 bridgehead atoms. The van der Waals surface area contributed by atoms with Gasteiger partial charge in [-0.1, -0.05) is 18.2 Å². The maximum Gasteiger partial charge on any atom is 0.305 e. The van der Waals surface area contributed by atoms with Crippen molar-refractivity contribution in [3.05, 3.63) is 34.9 Å². The normalized spacial score (nSPS) is 10.4. The molecule has 0 radical (unpaired) electrons. The van der Waals surface area contributed by atoms with Crippen LogP contribution < -0.4 is 5.32 Å². The average molecular weight is 249 g/mol. The number of carbonyl (C=O) groups excluding carboxylic acids is 1. The molecular formula is C15H23NO2. The van der Waals surface area contributed by atoms with E-state index in [1.807, 2.05) is 6.92 Å². The Balaban J connectivity index is 2.24. The number of ether oxygens (including phenoxy) is 1. The second-order valence-electron chi connectivity index (χ2n) is 4.46. The smallest absolute Gasteiger partial charge is 0.305 e. The zero-order chi connectivity index (χ0) is 13.4. The monoisotopic (exact) mass is 249 g/mol. The van der Waals surface area contributed by atoms with Gasteiger partial charge in [0.1, 0.15) is 0 Å². The van der Waals surface area contributed by atoms with Crippen LogP contribution in [0.5, 0.6) is 0 Å². The molecule has 1 rings (SSSR count). The number of aryl methyl sites for hydroxylation is 2. The fraction of sp³-hybridized carbons (Fsp3) is 0.533. The third-order valence-corrected chi connectivity index (χ3v) is 2.99. The van der Waals surface area contributed by atoms with Crippen LogP contribution in [0.2, 0.25) is 0 Å². The maximum atomic E-state index is 11.1. The number of rotatable bonds is 7. The van der Waals surface area contributed by atoms with Crippen LogP contribution in [-0.2, 0) is 16.1 Å². The summed E-state index contributed by atoms with van der Waals surface area (Å²) in [4.78, 5) is 11.1. The Bertz CT molecular complexity index is 368. The van der Waals surface area contributed by atoms with E-state index in [0.29, 0.717) is 13.0 Å². The van der Waals surface area contributed by atoms with Gasteiger partial charge < -0.3 is 10.1 Å².